The second kappa shape index (κ2) is 6.47. The molecule has 0 aliphatic carbocycles. The van der Waals surface area contributed by atoms with Gasteiger partial charge in [-0.3, -0.25) is 0 Å². The fraction of sp³-hybridized carbons (Fsp3) is 0.250. The van der Waals surface area contributed by atoms with Crippen LogP contribution in [0, 0.1) is 12.7 Å². The van der Waals surface area contributed by atoms with Crippen molar-refractivity contribution in [3.05, 3.63) is 63.4 Å². The first kappa shape index (κ1) is 15.1. The van der Waals surface area contributed by atoms with Gasteiger partial charge >= 0.3 is 0 Å². The van der Waals surface area contributed by atoms with E-state index in [9.17, 15) is 4.39 Å². The Labute approximate surface area is 128 Å². The smallest absolute Gasteiger partial charge is 0.146 e. The number of hydrogen-bond acceptors (Lipinski definition) is 1. The lowest BCUT2D eigenvalue weighted by molar-refractivity contribution is 0.623. The first-order valence-electron chi connectivity index (χ1n) is 6.49. The van der Waals surface area contributed by atoms with Gasteiger partial charge in [-0.1, -0.05) is 42.3 Å². The summed E-state index contributed by atoms with van der Waals surface area (Å²) >= 11 is 12.0. The van der Waals surface area contributed by atoms with Crippen LogP contribution in [0.15, 0.2) is 36.4 Å². The largest absolute Gasteiger partial charge is 0.376 e. The molecular weight excluding hydrogens is 296 g/mol. The molecule has 0 aliphatic rings. The van der Waals surface area contributed by atoms with Gasteiger partial charge in [-0.25, -0.2) is 4.39 Å². The standard InChI is InChI=1S/C16H16Cl2FN/c1-3-15(11-5-6-12(17)13(18)9-11)20-16-8-10(2)4-7-14(16)19/h4-9,15,20H,3H2,1-2H3. The molecule has 0 saturated heterocycles. The Hall–Kier alpha value is -1.25. The van der Waals surface area contributed by atoms with E-state index in [1.54, 1.807) is 18.2 Å². The van der Waals surface area contributed by atoms with Crippen molar-refractivity contribution < 1.29 is 4.39 Å². The third-order valence-electron chi connectivity index (χ3n) is 3.21. The van der Waals surface area contributed by atoms with Crippen LogP contribution >= 0.6 is 23.2 Å². The molecule has 1 atom stereocenters. The maximum absolute atomic E-state index is 13.8. The van der Waals surface area contributed by atoms with Crippen molar-refractivity contribution in [1.82, 2.24) is 0 Å². The zero-order chi connectivity index (χ0) is 14.7. The van der Waals surface area contributed by atoms with Gasteiger partial charge in [-0.15, -0.1) is 0 Å². The van der Waals surface area contributed by atoms with Crippen molar-refractivity contribution in [2.75, 3.05) is 5.32 Å². The number of rotatable bonds is 4. The van der Waals surface area contributed by atoms with Gasteiger partial charge in [-0.05, 0) is 48.7 Å². The molecule has 0 radical (unpaired) electrons. The molecule has 106 valence electrons. The van der Waals surface area contributed by atoms with Gasteiger partial charge in [0.25, 0.3) is 0 Å². The van der Waals surface area contributed by atoms with Gasteiger partial charge in [0, 0.05) is 0 Å². The van der Waals surface area contributed by atoms with Crippen LogP contribution in [0.2, 0.25) is 10.0 Å². The molecule has 1 nitrogen and oxygen atoms in total. The quantitative estimate of drug-likeness (QED) is 0.729. The van der Waals surface area contributed by atoms with Gasteiger partial charge in [0.2, 0.25) is 0 Å². The Balaban J connectivity index is 2.28. The summed E-state index contributed by atoms with van der Waals surface area (Å²) in [5, 5.41) is 4.25. The summed E-state index contributed by atoms with van der Waals surface area (Å²) in [5.74, 6) is -0.255. The van der Waals surface area contributed by atoms with Crippen LogP contribution in [0.1, 0.15) is 30.5 Å². The van der Waals surface area contributed by atoms with E-state index >= 15 is 0 Å². The van der Waals surface area contributed by atoms with E-state index < -0.39 is 0 Å². The van der Waals surface area contributed by atoms with E-state index in [-0.39, 0.29) is 11.9 Å². The molecule has 2 rings (SSSR count). The molecule has 0 amide bonds. The zero-order valence-electron chi connectivity index (χ0n) is 11.4. The predicted molar refractivity (Wildman–Crippen MR) is 84.3 cm³/mol. The Kier molecular flexibility index (Phi) is 4.90. The minimum Gasteiger partial charge on any atom is -0.376 e. The maximum atomic E-state index is 13.8. The second-order valence-electron chi connectivity index (χ2n) is 4.76. The lowest BCUT2D eigenvalue weighted by Gasteiger charge is -2.20. The molecule has 2 aromatic rings. The molecule has 1 N–H and O–H groups in total. The molecule has 0 spiro atoms. The average Bonchev–Trinajstić information content (AvgIpc) is 2.43. The lowest BCUT2D eigenvalue weighted by atomic mass is 10.0. The average molecular weight is 312 g/mol. The Morgan fingerprint density at radius 3 is 2.50 bits per heavy atom. The van der Waals surface area contributed by atoms with Crippen molar-refractivity contribution >= 4 is 28.9 Å². The summed E-state index contributed by atoms with van der Waals surface area (Å²) in [6, 6.07) is 10.5. The molecule has 0 aromatic heterocycles. The van der Waals surface area contributed by atoms with E-state index in [1.807, 2.05) is 26.0 Å². The zero-order valence-corrected chi connectivity index (χ0v) is 12.9. The van der Waals surface area contributed by atoms with Crippen LogP contribution in [0.4, 0.5) is 10.1 Å². The van der Waals surface area contributed by atoms with E-state index in [4.69, 9.17) is 23.2 Å². The van der Waals surface area contributed by atoms with Gasteiger partial charge in [0.15, 0.2) is 0 Å². The second-order valence-corrected chi connectivity index (χ2v) is 5.58. The molecule has 4 heteroatoms. The van der Waals surface area contributed by atoms with Crippen molar-refractivity contribution in [3.63, 3.8) is 0 Å². The molecular formula is C16H16Cl2FN. The highest BCUT2D eigenvalue weighted by molar-refractivity contribution is 6.42. The highest BCUT2D eigenvalue weighted by Crippen LogP contribution is 2.30. The minimum absolute atomic E-state index is 0.0129. The van der Waals surface area contributed by atoms with Crippen LogP contribution < -0.4 is 5.32 Å². The van der Waals surface area contributed by atoms with Crippen LogP contribution in [0.3, 0.4) is 0 Å². The molecule has 20 heavy (non-hydrogen) atoms. The number of nitrogens with one attached hydrogen (secondary N) is 1. The molecule has 0 heterocycles. The van der Waals surface area contributed by atoms with E-state index in [1.165, 1.54) is 6.07 Å². The molecule has 2 aromatic carbocycles. The van der Waals surface area contributed by atoms with Crippen molar-refractivity contribution in [3.8, 4) is 0 Å². The van der Waals surface area contributed by atoms with Gasteiger partial charge in [0.1, 0.15) is 5.82 Å². The van der Waals surface area contributed by atoms with Crippen LogP contribution in [0.5, 0.6) is 0 Å². The first-order chi connectivity index (χ1) is 9.51. The summed E-state index contributed by atoms with van der Waals surface area (Å²) in [6.07, 6.45) is 0.811. The summed E-state index contributed by atoms with van der Waals surface area (Å²) < 4.78 is 13.8. The van der Waals surface area contributed by atoms with E-state index in [2.05, 4.69) is 5.32 Å². The summed E-state index contributed by atoms with van der Waals surface area (Å²) in [6.45, 7) is 3.97. The highest BCUT2D eigenvalue weighted by Gasteiger charge is 2.13. The SMILES string of the molecule is CCC(Nc1cc(C)ccc1F)c1ccc(Cl)c(Cl)c1. The van der Waals surface area contributed by atoms with Crippen LogP contribution in [-0.4, -0.2) is 0 Å². The number of anilines is 1. The Morgan fingerprint density at radius 2 is 1.85 bits per heavy atom. The summed E-state index contributed by atoms with van der Waals surface area (Å²) in [5.41, 5.74) is 2.50. The van der Waals surface area contributed by atoms with Crippen molar-refractivity contribution in [2.24, 2.45) is 0 Å². The molecule has 0 fully saturated rings. The van der Waals surface area contributed by atoms with Crippen molar-refractivity contribution in [2.45, 2.75) is 26.3 Å². The van der Waals surface area contributed by atoms with E-state index in [0.717, 1.165) is 17.5 Å². The fourth-order valence-electron chi connectivity index (χ4n) is 2.09. The normalized spacial score (nSPS) is 12.2. The third-order valence-corrected chi connectivity index (χ3v) is 3.94. The minimum atomic E-state index is -0.255. The number of hydrogen-bond donors (Lipinski definition) is 1. The van der Waals surface area contributed by atoms with Gasteiger partial charge in [-0.2, -0.15) is 0 Å². The molecule has 0 saturated carbocycles. The van der Waals surface area contributed by atoms with Crippen LogP contribution in [0.25, 0.3) is 0 Å². The summed E-state index contributed by atoms with van der Waals surface area (Å²) in [7, 11) is 0. The first-order valence-corrected chi connectivity index (χ1v) is 7.24. The lowest BCUT2D eigenvalue weighted by Crippen LogP contribution is -2.11. The maximum Gasteiger partial charge on any atom is 0.146 e. The topological polar surface area (TPSA) is 12.0 Å². The number of halogens is 3. The van der Waals surface area contributed by atoms with Crippen molar-refractivity contribution in [1.29, 1.82) is 0 Å². The fourth-order valence-corrected chi connectivity index (χ4v) is 2.39. The highest BCUT2D eigenvalue weighted by atomic mass is 35.5. The predicted octanol–water partition coefficient (Wildman–Crippen LogP) is 6.00. The summed E-state index contributed by atoms with van der Waals surface area (Å²) in [4.78, 5) is 0. The van der Waals surface area contributed by atoms with Crippen LogP contribution in [-0.2, 0) is 0 Å². The molecule has 0 bridgehead atoms. The van der Waals surface area contributed by atoms with Gasteiger partial charge < -0.3 is 5.32 Å². The van der Waals surface area contributed by atoms with Gasteiger partial charge in [0.05, 0.1) is 21.8 Å². The third kappa shape index (κ3) is 3.44. The number of benzene rings is 2. The Bertz CT molecular complexity index is 613. The van der Waals surface area contributed by atoms with E-state index in [0.29, 0.717) is 15.7 Å². The molecule has 1 unspecified atom stereocenters. The number of aryl methyl sites for hydroxylation is 1. The Morgan fingerprint density at radius 1 is 1.10 bits per heavy atom. The monoisotopic (exact) mass is 311 g/mol. The molecule has 0 aliphatic heterocycles.